The minimum Gasteiger partial charge on any atom is -0.487 e. The largest absolute Gasteiger partial charge is 0.487 e. The Labute approximate surface area is 129 Å². The molecule has 0 amide bonds. The molecule has 1 heterocycles. The van der Waals surface area contributed by atoms with Gasteiger partial charge in [-0.3, -0.25) is 0 Å². The van der Waals surface area contributed by atoms with E-state index in [-0.39, 0.29) is 5.60 Å². The van der Waals surface area contributed by atoms with E-state index in [1.807, 2.05) is 18.2 Å². The SMILES string of the molecule is CC1(C)CCCC2(CC1)C[C@@H](O)c1ccc(Br)cc1O2. The molecule has 0 bridgehead atoms. The summed E-state index contributed by atoms with van der Waals surface area (Å²) in [6.45, 7) is 4.69. The van der Waals surface area contributed by atoms with Crippen LogP contribution in [0.1, 0.15) is 64.0 Å². The van der Waals surface area contributed by atoms with Gasteiger partial charge in [-0.1, -0.05) is 35.8 Å². The predicted molar refractivity (Wildman–Crippen MR) is 83.9 cm³/mol. The lowest BCUT2D eigenvalue weighted by Gasteiger charge is -2.41. The quantitative estimate of drug-likeness (QED) is 0.721. The molecule has 1 aromatic rings. The molecule has 1 fully saturated rings. The fraction of sp³-hybridized carbons (Fsp3) is 0.647. The first-order valence-corrected chi connectivity index (χ1v) is 8.35. The van der Waals surface area contributed by atoms with Gasteiger partial charge in [0.15, 0.2) is 0 Å². The summed E-state index contributed by atoms with van der Waals surface area (Å²) in [5, 5.41) is 10.5. The summed E-state index contributed by atoms with van der Waals surface area (Å²) >= 11 is 3.49. The van der Waals surface area contributed by atoms with E-state index in [1.165, 1.54) is 19.3 Å². The van der Waals surface area contributed by atoms with Crippen LogP contribution in [-0.2, 0) is 0 Å². The van der Waals surface area contributed by atoms with Crippen molar-refractivity contribution in [3.63, 3.8) is 0 Å². The van der Waals surface area contributed by atoms with Crippen LogP contribution in [0.25, 0.3) is 0 Å². The van der Waals surface area contributed by atoms with Crippen molar-refractivity contribution in [2.75, 3.05) is 0 Å². The number of aliphatic hydroxyl groups is 1. The molecular weight excluding hydrogens is 316 g/mol. The van der Waals surface area contributed by atoms with Gasteiger partial charge in [-0.25, -0.2) is 0 Å². The maximum absolute atomic E-state index is 10.5. The first-order chi connectivity index (χ1) is 9.39. The molecule has 1 spiro atoms. The van der Waals surface area contributed by atoms with Crippen molar-refractivity contribution in [2.45, 2.75) is 64.1 Å². The molecule has 0 aromatic heterocycles. The number of hydrogen-bond donors (Lipinski definition) is 1. The molecule has 0 radical (unpaired) electrons. The smallest absolute Gasteiger partial charge is 0.127 e. The highest BCUT2D eigenvalue weighted by Crippen LogP contribution is 2.48. The molecule has 3 heteroatoms. The predicted octanol–water partition coefficient (Wildman–Crippen LogP) is 4.99. The summed E-state index contributed by atoms with van der Waals surface area (Å²) in [4.78, 5) is 0. The zero-order valence-corrected chi connectivity index (χ0v) is 13.9. The van der Waals surface area contributed by atoms with Gasteiger partial charge in [-0.05, 0) is 49.7 Å². The lowest BCUT2D eigenvalue weighted by Crippen LogP contribution is -2.40. The molecule has 0 saturated heterocycles. The van der Waals surface area contributed by atoms with Gasteiger partial charge in [0.2, 0.25) is 0 Å². The first-order valence-electron chi connectivity index (χ1n) is 7.56. The van der Waals surface area contributed by atoms with Gasteiger partial charge in [0.05, 0.1) is 6.10 Å². The summed E-state index contributed by atoms with van der Waals surface area (Å²) in [6.07, 6.45) is 6.04. The van der Waals surface area contributed by atoms with E-state index >= 15 is 0 Å². The zero-order chi connectivity index (χ0) is 14.4. The van der Waals surface area contributed by atoms with Crippen molar-refractivity contribution in [3.8, 4) is 5.75 Å². The van der Waals surface area contributed by atoms with Crippen LogP contribution in [0.2, 0.25) is 0 Å². The molecule has 2 atom stereocenters. The lowest BCUT2D eigenvalue weighted by atomic mass is 9.81. The summed E-state index contributed by atoms with van der Waals surface area (Å²) in [5.41, 5.74) is 1.17. The number of fused-ring (bicyclic) bond motifs is 1. The van der Waals surface area contributed by atoms with Crippen LogP contribution in [0.15, 0.2) is 22.7 Å². The van der Waals surface area contributed by atoms with Crippen LogP contribution in [0, 0.1) is 5.41 Å². The molecule has 3 rings (SSSR count). The average molecular weight is 339 g/mol. The molecule has 1 aliphatic heterocycles. The topological polar surface area (TPSA) is 29.5 Å². The van der Waals surface area contributed by atoms with Gasteiger partial charge in [0.1, 0.15) is 11.4 Å². The molecule has 2 nitrogen and oxygen atoms in total. The maximum atomic E-state index is 10.5. The molecule has 1 N–H and O–H groups in total. The van der Waals surface area contributed by atoms with Crippen LogP contribution in [-0.4, -0.2) is 10.7 Å². The van der Waals surface area contributed by atoms with E-state index in [0.29, 0.717) is 5.41 Å². The van der Waals surface area contributed by atoms with Crippen LogP contribution < -0.4 is 4.74 Å². The Morgan fingerprint density at radius 1 is 1.20 bits per heavy atom. The Morgan fingerprint density at radius 3 is 2.80 bits per heavy atom. The van der Waals surface area contributed by atoms with E-state index in [4.69, 9.17) is 4.74 Å². The van der Waals surface area contributed by atoms with E-state index in [9.17, 15) is 5.11 Å². The van der Waals surface area contributed by atoms with Crippen molar-refractivity contribution in [1.29, 1.82) is 0 Å². The van der Waals surface area contributed by atoms with E-state index < -0.39 is 6.10 Å². The van der Waals surface area contributed by atoms with Crippen molar-refractivity contribution < 1.29 is 9.84 Å². The van der Waals surface area contributed by atoms with Crippen LogP contribution in [0.5, 0.6) is 5.75 Å². The molecule has 1 saturated carbocycles. The third-order valence-electron chi connectivity index (χ3n) is 4.97. The molecule has 20 heavy (non-hydrogen) atoms. The number of ether oxygens (including phenoxy) is 1. The number of benzene rings is 1. The van der Waals surface area contributed by atoms with Crippen LogP contribution in [0.4, 0.5) is 0 Å². The Hall–Kier alpha value is -0.540. The summed E-state index contributed by atoms with van der Waals surface area (Å²) in [5.74, 6) is 0.859. The third-order valence-corrected chi connectivity index (χ3v) is 5.46. The van der Waals surface area contributed by atoms with E-state index in [2.05, 4.69) is 29.8 Å². The van der Waals surface area contributed by atoms with Gasteiger partial charge in [-0.2, -0.15) is 0 Å². The van der Waals surface area contributed by atoms with Crippen molar-refractivity contribution in [2.24, 2.45) is 5.41 Å². The van der Waals surface area contributed by atoms with Crippen molar-refractivity contribution in [3.05, 3.63) is 28.2 Å². The average Bonchev–Trinajstić information content (AvgIpc) is 2.49. The molecule has 1 aromatic carbocycles. The second-order valence-electron chi connectivity index (χ2n) is 7.20. The van der Waals surface area contributed by atoms with E-state index in [1.54, 1.807) is 0 Å². The number of halogens is 1. The normalized spacial score (nSPS) is 32.3. The van der Waals surface area contributed by atoms with Gasteiger partial charge in [-0.15, -0.1) is 0 Å². The van der Waals surface area contributed by atoms with Gasteiger partial charge in [0.25, 0.3) is 0 Å². The Balaban J connectivity index is 1.90. The number of hydrogen-bond acceptors (Lipinski definition) is 2. The first kappa shape index (κ1) is 14.4. The van der Waals surface area contributed by atoms with Gasteiger partial charge >= 0.3 is 0 Å². The molecule has 1 aliphatic carbocycles. The maximum Gasteiger partial charge on any atom is 0.127 e. The minimum absolute atomic E-state index is 0.166. The second-order valence-corrected chi connectivity index (χ2v) is 8.12. The molecular formula is C17H23BrO2. The second kappa shape index (κ2) is 5.03. The Morgan fingerprint density at radius 2 is 2.00 bits per heavy atom. The third kappa shape index (κ3) is 2.75. The van der Waals surface area contributed by atoms with Gasteiger partial charge in [0, 0.05) is 16.5 Å². The standard InChI is InChI=1S/C17H23BrO2/c1-16(2)6-3-7-17(9-8-16)11-14(19)13-5-4-12(18)10-15(13)20-17/h4-5,10,14,19H,3,6-9,11H2,1-2H3/t14-,17?/m1/s1. The number of rotatable bonds is 0. The fourth-order valence-electron chi connectivity index (χ4n) is 3.62. The summed E-state index contributed by atoms with van der Waals surface area (Å²) in [6, 6.07) is 5.94. The van der Waals surface area contributed by atoms with Crippen molar-refractivity contribution in [1.82, 2.24) is 0 Å². The Bertz CT molecular complexity index is 512. The van der Waals surface area contributed by atoms with Crippen LogP contribution in [0.3, 0.4) is 0 Å². The monoisotopic (exact) mass is 338 g/mol. The van der Waals surface area contributed by atoms with Crippen LogP contribution >= 0.6 is 15.9 Å². The highest BCUT2D eigenvalue weighted by Gasteiger charge is 2.42. The highest BCUT2D eigenvalue weighted by atomic mass is 79.9. The zero-order valence-electron chi connectivity index (χ0n) is 12.3. The van der Waals surface area contributed by atoms with E-state index in [0.717, 1.165) is 35.0 Å². The molecule has 1 unspecified atom stereocenters. The molecule has 110 valence electrons. The minimum atomic E-state index is -0.395. The summed E-state index contributed by atoms with van der Waals surface area (Å²) in [7, 11) is 0. The van der Waals surface area contributed by atoms with Crippen molar-refractivity contribution >= 4 is 15.9 Å². The number of aliphatic hydroxyl groups excluding tert-OH is 1. The fourth-order valence-corrected chi connectivity index (χ4v) is 3.96. The Kier molecular flexibility index (Phi) is 3.62. The summed E-state index contributed by atoms with van der Waals surface area (Å²) < 4.78 is 7.40. The lowest BCUT2D eigenvalue weighted by molar-refractivity contribution is -0.0260. The van der Waals surface area contributed by atoms with Gasteiger partial charge < -0.3 is 9.84 Å². The molecule has 2 aliphatic rings. The highest BCUT2D eigenvalue weighted by molar-refractivity contribution is 9.10.